The second-order valence-electron chi connectivity index (χ2n) is 5.88. The maximum Gasteiger partial charge on any atom is 0.303 e. The van der Waals surface area contributed by atoms with Gasteiger partial charge in [0.25, 0.3) is 0 Å². The summed E-state index contributed by atoms with van der Waals surface area (Å²) in [5, 5.41) is 8.43. The SMILES string of the molecule is CCCC(CC)CCC(=O)O.CCCCCC(C)C. The second-order valence-corrected chi connectivity index (χ2v) is 5.88. The van der Waals surface area contributed by atoms with Crippen LogP contribution >= 0.6 is 0 Å². The van der Waals surface area contributed by atoms with Crippen LogP contribution in [-0.2, 0) is 4.79 Å². The average Bonchev–Trinajstić information content (AvgIpc) is 2.35. The van der Waals surface area contributed by atoms with E-state index in [1.807, 2.05) is 0 Å². The van der Waals surface area contributed by atoms with Gasteiger partial charge in [-0.1, -0.05) is 79.6 Å². The third-order valence-electron chi connectivity index (χ3n) is 3.43. The second kappa shape index (κ2) is 15.5. The lowest BCUT2D eigenvalue weighted by Gasteiger charge is -2.10. The molecule has 0 saturated carbocycles. The number of unbranched alkanes of at least 4 members (excludes halogenated alkanes) is 2. The van der Waals surface area contributed by atoms with Crippen molar-refractivity contribution in [3.05, 3.63) is 0 Å². The van der Waals surface area contributed by atoms with E-state index in [1.165, 1.54) is 32.1 Å². The summed E-state index contributed by atoms with van der Waals surface area (Å²) >= 11 is 0. The van der Waals surface area contributed by atoms with E-state index in [0.29, 0.717) is 12.3 Å². The van der Waals surface area contributed by atoms with Gasteiger partial charge in [0.2, 0.25) is 0 Å². The van der Waals surface area contributed by atoms with Gasteiger partial charge in [-0.2, -0.15) is 0 Å². The van der Waals surface area contributed by atoms with Gasteiger partial charge in [-0.05, 0) is 18.3 Å². The smallest absolute Gasteiger partial charge is 0.303 e. The van der Waals surface area contributed by atoms with Crippen molar-refractivity contribution in [1.29, 1.82) is 0 Å². The molecule has 0 aromatic rings. The van der Waals surface area contributed by atoms with Gasteiger partial charge in [-0.15, -0.1) is 0 Å². The number of hydrogen-bond acceptors (Lipinski definition) is 1. The molecule has 116 valence electrons. The molecule has 2 heteroatoms. The highest BCUT2D eigenvalue weighted by molar-refractivity contribution is 5.66. The highest BCUT2D eigenvalue weighted by Gasteiger charge is 2.06. The zero-order valence-corrected chi connectivity index (χ0v) is 13.9. The lowest BCUT2D eigenvalue weighted by Crippen LogP contribution is -2.03. The van der Waals surface area contributed by atoms with E-state index in [2.05, 4.69) is 34.6 Å². The molecule has 0 rings (SSSR count). The van der Waals surface area contributed by atoms with E-state index in [9.17, 15) is 4.79 Å². The van der Waals surface area contributed by atoms with Crippen molar-refractivity contribution in [2.24, 2.45) is 11.8 Å². The van der Waals surface area contributed by atoms with Gasteiger partial charge in [0.1, 0.15) is 0 Å². The molecule has 0 amide bonds. The van der Waals surface area contributed by atoms with Crippen LogP contribution in [0.25, 0.3) is 0 Å². The predicted molar refractivity (Wildman–Crippen MR) is 84.5 cm³/mol. The van der Waals surface area contributed by atoms with Crippen molar-refractivity contribution in [3.63, 3.8) is 0 Å². The highest BCUT2D eigenvalue weighted by atomic mass is 16.4. The molecule has 0 aliphatic rings. The lowest BCUT2D eigenvalue weighted by molar-refractivity contribution is -0.137. The summed E-state index contributed by atoms with van der Waals surface area (Å²) in [4.78, 5) is 10.2. The molecule has 0 spiro atoms. The van der Waals surface area contributed by atoms with Gasteiger partial charge in [0.05, 0.1) is 0 Å². The van der Waals surface area contributed by atoms with Crippen molar-refractivity contribution in [2.75, 3.05) is 0 Å². The minimum atomic E-state index is -0.667. The number of carboxylic acid groups (broad SMARTS) is 1. The Labute approximate surface area is 121 Å². The summed E-state index contributed by atoms with van der Waals surface area (Å²) in [5.74, 6) is 0.859. The summed E-state index contributed by atoms with van der Waals surface area (Å²) in [6.45, 7) is 11.1. The topological polar surface area (TPSA) is 37.3 Å². The molecule has 1 atom stereocenters. The summed E-state index contributed by atoms with van der Waals surface area (Å²) in [5.41, 5.74) is 0. The number of rotatable bonds is 10. The van der Waals surface area contributed by atoms with Crippen LogP contribution in [-0.4, -0.2) is 11.1 Å². The number of hydrogen-bond donors (Lipinski definition) is 1. The fourth-order valence-electron chi connectivity index (χ4n) is 2.09. The van der Waals surface area contributed by atoms with E-state index < -0.39 is 5.97 Å². The standard InChI is InChI=1S/C9H18O2.C8H18/c1-3-5-8(4-2)6-7-9(10)11;1-4-5-6-7-8(2)3/h8H,3-7H2,1-2H3,(H,10,11);8H,4-7H2,1-3H3. The first kappa shape index (κ1) is 20.8. The molecule has 0 radical (unpaired) electrons. The Morgan fingerprint density at radius 1 is 0.947 bits per heavy atom. The molecule has 0 aromatic heterocycles. The normalized spacial score (nSPS) is 11.9. The zero-order chi connectivity index (χ0) is 15.1. The van der Waals surface area contributed by atoms with Gasteiger partial charge in [-0.25, -0.2) is 0 Å². The van der Waals surface area contributed by atoms with Gasteiger partial charge in [-0.3, -0.25) is 4.79 Å². The number of carboxylic acids is 1. The maximum absolute atomic E-state index is 10.2. The van der Waals surface area contributed by atoms with Crippen LogP contribution in [0.3, 0.4) is 0 Å². The van der Waals surface area contributed by atoms with Gasteiger partial charge >= 0.3 is 5.97 Å². The fourth-order valence-corrected chi connectivity index (χ4v) is 2.09. The molecule has 0 heterocycles. The Bertz CT molecular complexity index is 188. The van der Waals surface area contributed by atoms with E-state index in [-0.39, 0.29) is 0 Å². The first-order chi connectivity index (χ1) is 8.97. The largest absolute Gasteiger partial charge is 0.481 e. The van der Waals surface area contributed by atoms with Crippen LogP contribution in [0.1, 0.15) is 92.4 Å². The van der Waals surface area contributed by atoms with Crippen molar-refractivity contribution in [1.82, 2.24) is 0 Å². The minimum Gasteiger partial charge on any atom is -0.481 e. The van der Waals surface area contributed by atoms with Crippen molar-refractivity contribution in [3.8, 4) is 0 Å². The first-order valence-corrected chi connectivity index (χ1v) is 8.19. The van der Waals surface area contributed by atoms with Gasteiger partial charge in [0.15, 0.2) is 0 Å². The van der Waals surface area contributed by atoms with Gasteiger partial charge in [0, 0.05) is 6.42 Å². The Kier molecular flexibility index (Phi) is 17.0. The molecule has 19 heavy (non-hydrogen) atoms. The van der Waals surface area contributed by atoms with Crippen LogP contribution in [0.5, 0.6) is 0 Å². The van der Waals surface area contributed by atoms with Crippen LogP contribution in [0.4, 0.5) is 0 Å². The molecule has 0 saturated heterocycles. The molecule has 0 aliphatic carbocycles. The Morgan fingerprint density at radius 2 is 1.58 bits per heavy atom. The molecule has 0 bridgehead atoms. The minimum absolute atomic E-state index is 0.332. The summed E-state index contributed by atoms with van der Waals surface area (Å²) in [6, 6.07) is 0. The van der Waals surface area contributed by atoms with Crippen molar-refractivity contribution >= 4 is 5.97 Å². The van der Waals surface area contributed by atoms with Crippen molar-refractivity contribution in [2.45, 2.75) is 92.4 Å². The van der Waals surface area contributed by atoms with E-state index in [1.54, 1.807) is 0 Å². The lowest BCUT2D eigenvalue weighted by atomic mass is 9.95. The number of carbonyl (C=O) groups is 1. The fraction of sp³-hybridized carbons (Fsp3) is 0.941. The molecular weight excluding hydrogens is 236 g/mol. The summed E-state index contributed by atoms with van der Waals surface area (Å²) < 4.78 is 0. The summed E-state index contributed by atoms with van der Waals surface area (Å²) in [6.07, 6.45) is 10.2. The first-order valence-electron chi connectivity index (χ1n) is 8.19. The Balaban J connectivity index is 0. The quantitative estimate of drug-likeness (QED) is 0.503. The molecule has 0 fully saturated rings. The van der Waals surface area contributed by atoms with Crippen LogP contribution in [0.15, 0.2) is 0 Å². The van der Waals surface area contributed by atoms with Crippen LogP contribution in [0, 0.1) is 11.8 Å². The van der Waals surface area contributed by atoms with E-state index in [4.69, 9.17) is 5.11 Å². The third-order valence-corrected chi connectivity index (χ3v) is 3.43. The van der Waals surface area contributed by atoms with Crippen LogP contribution in [0.2, 0.25) is 0 Å². The highest BCUT2D eigenvalue weighted by Crippen LogP contribution is 2.16. The Hall–Kier alpha value is -0.530. The predicted octanol–water partition coefficient (Wildman–Crippen LogP) is 5.90. The molecule has 0 aliphatic heterocycles. The molecule has 1 unspecified atom stereocenters. The molecule has 1 N–H and O–H groups in total. The monoisotopic (exact) mass is 272 g/mol. The van der Waals surface area contributed by atoms with Crippen LogP contribution < -0.4 is 0 Å². The third kappa shape index (κ3) is 20.0. The Morgan fingerprint density at radius 3 is 1.95 bits per heavy atom. The molecule has 0 aromatic carbocycles. The summed E-state index contributed by atoms with van der Waals surface area (Å²) in [7, 11) is 0. The average molecular weight is 272 g/mol. The number of aliphatic carboxylic acids is 1. The maximum atomic E-state index is 10.2. The van der Waals surface area contributed by atoms with Crippen molar-refractivity contribution < 1.29 is 9.90 Å². The van der Waals surface area contributed by atoms with E-state index in [0.717, 1.165) is 25.2 Å². The molecular formula is C17H36O2. The van der Waals surface area contributed by atoms with Gasteiger partial charge < -0.3 is 5.11 Å². The molecule has 2 nitrogen and oxygen atoms in total. The van der Waals surface area contributed by atoms with E-state index >= 15 is 0 Å². The zero-order valence-electron chi connectivity index (χ0n) is 13.9.